The summed E-state index contributed by atoms with van der Waals surface area (Å²) in [6.45, 7) is 5.79. The lowest BCUT2D eigenvalue weighted by molar-refractivity contribution is -0.140. The summed E-state index contributed by atoms with van der Waals surface area (Å²) in [7, 11) is 0. The number of carboxylic acids is 1. The van der Waals surface area contributed by atoms with Crippen LogP contribution in [0.25, 0.3) is 10.2 Å². The van der Waals surface area contributed by atoms with E-state index in [0.29, 0.717) is 23.5 Å². The lowest BCUT2D eigenvalue weighted by Crippen LogP contribution is -2.32. The molecule has 2 aromatic rings. The third kappa shape index (κ3) is 2.69. The van der Waals surface area contributed by atoms with Crippen LogP contribution >= 0.6 is 11.3 Å². The van der Waals surface area contributed by atoms with Crippen LogP contribution in [0.2, 0.25) is 0 Å². The fraction of sp³-hybridized carbons (Fsp3) is 0.588. The minimum absolute atomic E-state index is 0.180. The van der Waals surface area contributed by atoms with Crippen molar-refractivity contribution in [2.24, 2.45) is 5.92 Å². The molecule has 0 aromatic carbocycles. The molecule has 1 aliphatic rings. The first-order valence-corrected chi connectivity index (χ1v) is 9.04. The predicted molar refractivity (Wildman–Crippen MR) is 91.4 cm³/mol. The maximum atomic E-state index is 13.1. The number of aliphatic carboxylic acids is 1. The first kappa shape index (κ1) is 16.2. The molecule has 6 heteroatoms. The molecule has 0 fully saturated rings. The molecular formula is C17H22N2O3S. The van der Waals surface area contributed by atoms with Crippen molar-refractivity contribution in [2.45, 2.75) is 58.9 Å². The molecule has 2 heterocycles. The molecule has 0 spiro atoms. The third-order valence-electron chi connectivity index (χ3n) is 4.65. The fourth-order valence-corrected chi connectivity index (χ4v) is 4.75. The van der Waals surface area contributed by atoms with Gasteiger partial charge in [-0.25, -0.2) is 9.78 Å². The number of carboxylic acid groups (broad SMARTS) is 1. The van der Waals surface area contributed by atoms with Crippen molar-refractivity contribution in [1.29, 1.82) is 0 Å². The standard InChI is InChI=1S/C17H22N2O3S/c1-4-5-13-18-15-14(16(20)19(13)10(3)17(21)22)11-7-6-9(2)8-12(11)23-15/h9-10H,4-8H2,1-3H3,(H,21,22). The number of thiophene rings is 1. The van der Waals surface area contributed by atoms with Crippen LogP contribution < -0.4 is 5.56 Å². The first-order valence-electron chi connectivity index (χ1n) is 8.22. The Morgan fingerprint density at radius 2 is 2.26 bits per heavy atom. The third-order valence-corrected chi connectivity index (χ3v) is 5.80. The van der Waals surface area contributed by atoms with Crippen molar-refractivity contribution in [2.75, 3.05) is 0 Å². The molecule has 0 amide bonds. The van der Waals surface area contributed by atoms with Crippen molar-refractivity contribution in [1.82, 2.24) is 9.55 Å². The van der Waals surface area contributed by atoms with E-state index < -0.39 is 12.0 Å². The Morgan fingerprint density at radius 1 is 1.52 bits per heavy atom. The number of carbonyl (C=O) groups is 1. The SMILES string of the molecule is CCCc1nc2sc3c(c2c(=O)n1C(C)C(=O)O)CCC(C)C3. The number of aryl methyl sites for hydroxylation is 2. The molecule has 1 N–H and O–H groups in total. The molecule has 0 radical (unpaired) electrons. The zero-order chi connectivity index (χ0) is 16.7. The Morgan fingerprint density at radius 3 is 2.91 bits per heavy atom. The van der Waals surface area contributed by atoms with Gasteiger partial charge in [0.05, 0.1) is 5.39 Å². The summed E-state index contributed by atoms with van der Waals surface area (Å²) in [6.07, 6.45) is 4.40. The number of hydrogen-bond donors (Lipinski definition) is 1. The quantitative estimate of drug-likeness (QED) is 0.932. The van der Waals surface area contributed by atoms with Gasteiger partial charge in [-0.3, -0.25) is 9.36 Å². The van der Waals surface area contributed by atoms with Crippen LogP contribution in [0, 0.1) is 5.92 Å². The van der Waals surface area contributed by atoms with Crippen LogP contribution in [0.1, 0.15) is 55.9 Å². The topological polar surface area (TPSA) is 72.2 Å². The van der Waals surface area contributed by atoms with Crippen LogP contribution in [0.5, 0.6) is 0 Å². The predicted octanol–water partition coefficient (Wildman–Crippen LogP) is 3.18. The second kappa shape index (κ2) is 6.07. The zero-order valence-corrected chi connectivity index (χ0v) is 14.6. The van der Waals surface area contributed by atoms with E-state index in [1.165, 1.54) is 9.44 Å². The molecule has 0 aliphatic heterocycles. The van der Waals surface area contributed by atoms with Gasteiger partial charge in [0.25, 0.3) is 5.56 Å². The van der Waals surface area contributed by atoms with Gasteiger partial charge in [0.2, 0.25) is 0 Å². The Kier molecular flexibility index (Phi) is 4.27. The minimum atomic E-state index is -0.997. The first-order chi connectivity index (χ1) is 10.9. The van der Waals surface area contributed by atoms with Crippen LogP contribution in [-0.2, 0) is 24.1 Å². The van der Waals surface area contributed by atoms with E-state index in [1.807, 2.05) is 6.92 Å². The Hall–Kier alpha value is -1.69. The van der Waals surface area contributed by atoms with Crippen molar-refractivity contribution in [3.8, 4) is 0 Å². The van der Waals surface area contributed by atoms with Crippen molar-refractivity contribution in [3.05, 3.63) is 26.6 Å². The van der Waals surface area contributed by atoms with E-state index in [0.717, 1.165) is 36.1 Å². The van der Waals surface area contributed by atoms with Crippen molar-refractivity contribution in [3.63, 3.8) is 0 Å². The van der Waals surface area contributed by atoms with Gasteiger partial charge in [-0.05, 0) is 44.1 Å². The summed E-state index contributed by atoms with van der Waals surface area (Å²) >= 11 is 1.61. The number of hydrogen-bond acceptors (Lipinski definition) is 4. The molecule has 124 valence electrons. The summed E-state index contributed by atoms with van der Waals surface area (Å²) in [4.78, 5) is 31.2. The minimum Gasteiger partial charge on any atom is -0.480 e. The van der Waals surface area contributed by atoms with E-state index in [4.69, 9.17) is 0 Å². The van der Waals surface area contributed by atoms with Gasteiger partial charge in [0.1, 0.15) is 16.7 Å². The number of fused-ring (bicyclic) bond motifs is 3. The second-order valence-corrected chi connectivity index (χ2v) is 7.58. The van der Waals surface area contributed by atoms with Crippen molar-refractivity contribution >= 4 is 27.5 Å². The summed E-state index contributed by atoms with van der Waals surface area (Å²) in [5, 5.41) is 10.0. The number of rotatable bonds is 4. The van der Waals surface area contributed by atoms with E-state index in [-0.39, 0.29) is 5.56 Å². The van der Waals surface area contributed by atoms with E-state index in [1.54, 1.807) is 18.3 Å². The Labute approximate surface area is 139 Å². The lowest BCUT2D eigenvalue weighted by atomic mass is 9.89. The van der Waals surface area contributed by atoms with Crippen LogP contribution in [0.15, 0.2) is 4.79 Å². The molecule has 0 saturated heterocycles. The van der Waals surface area contributed by atoms with Crippen LogP contribution in [0.3, 0.4) is 0 Å². The summed E-state index contributed by atoms with van der Waals surface area (Å²) < 4.78 is 1.39. The molecule has 0 saturated carbocycles. The Bertz CT molecular complexity index is 821. The average Bonchev–Trinajstić information content (AvgIpc) is 2.84. The second-order valence-electron chi connectivity index (χ2n) is 6.50. The molecule has 23 heavy (non-hydrogen) atoms. The maximum absolute atomic E-state index is 13.1. The highest BCUT2D eigenvalue weighted by atomic mass is 32.1. The van der Waals surface area contributed by atoms with Gasteiger partial charge in [-0.2, -0.15) is 0 Å². The van der Waals surface area contributed by atoms with Gasteiger partial charge in [-0.15, -0.1) is 11.3 Å². The molecule has 0 bridgehead atoms. The zero-order valence-electron chi connectivity index (χ0n) is 13.8. The highest BCUT2D eigenvalue weighted by Gasteiger charge is 2.27. The Balaban J connectivity index is 2.29. The normalized spacial score (nSPS) is 18.8. The largest absolute Gasteiger partial charge is 0.480 e. The number of nitrogens with zero attached hydrogens (tertiary/aromatic N) is 2. The van der Waals surface area contributed by atoms with Gasteiger partial charge in [-0.1, -0.05) is 13.8 Å². The van der Waals surface area contributed by atoms with Gasteiger partial charge < -0.3 is 5.11 Å². The van der Waals surface area contributed by atoms with Gasteiger partial charge >= 0.3 is 5.97 Å². The average molecular weight is 334 g/mol. The van der Waals surface area contributed by atoms with Crippen LogP contribution in [-0.4, -0.2) is 20.6 Å². The lowest BCUT2D eigenvalue weighted by Gasteiger charge is -2.18. The molecule has 2 unspecified atom stereocenters. The van der Waals surface area contributed by atoms with Gasteiger partial charge in [0, 0.05) is 11.3 Å². The molecule has 2 atom stereocenters. The monoisotopic (exact) mass is 334 g/mol. The molecule has 3 rings (SSSR count). The molecular weight excluding hydrogens is 312 g/mol. The van der Waals surface area contributed by atoms with Gasteiger partial charge in [0.15, 0.2) is 0 Å². The summed E-state index contributed by atoms with van der Waals surface area (Å²) in [5.41, 5.74) is 0.926. The van der Waals surface area contributed by atoms with E-state index >= 15 is 0 Å². The smallest absolute Gasteiger partial charge is 0.326 e. The molecule has 5 nitrogen and oxygen atoms in total. The van der Waals surface area contributed by atoms with E-state index in [9.17, 15) is 14.7 Å². The molecule has 2 aromatic heterocycles. The maximum Gasteiger partial charge on any atom is 0.326 e. The summed E-state index contributed by atoms with van der Waals surface area (Å²) in [6, 6.07) is -0.890. The highest BCUT2D eigenvalue weighted by Crippen LogP contribution is 2.36. The number of aromatic nitrogens is 2. The highest BCUT2D eigenvalue weighted by molar-refractivity contribution is 7.18. The summed E-state index contributed by atoms with van der Waals surface area (Å²) in [5.74, 6) is 0.223. The van der Waals surface area contributed by atoms with E-state index in [2.05, 4.69) is 11.9 Å². The van der Waals surface area contributed by atoms with Crippen LogP contribution in [0.4, 0.5) is 0 Å². The van der Waals surface area contributed by atoms with Crippen molar-refractivity contribution < 1.29 is 9.90 Å². The molecule has 1 aliphatic carbocycles. The fourth-order valence-electron chi connectivity index (χ4n) is 3.35.